The number of para-hydroxylation sites is 2. The van der Waals surface area contributed by atoms with Crippen LogP contribution in [0.25, 0.3) is 5.65 Å². The fraction of sp³-hybridized carbons (Fsp3) is 0.125. The molecule has 4 aromatic rings. The Morgan fingerprint density at radius 2 is 1.81 bits per heavy atom. The van der Waals surface area contributed by atoms with Crippen LogP contribution < -0.4 is 25.7 Å². The summed E-state index contributed by atoms with van der Waals surface area (Å²) in [6, 6.07) is 18.9. The largest absolute Gasteiger partial charge is 0.495 e. The maximum atomic E-state index is 12.3. The van der Waals surface area contributed by atoms with Crippen LogP contribution >= 0.6 is 0 Å². The second kappa shape index (κ2) is 9.22. The van der Waals surface area contributed by atoms with Crippen LogP contribution in [0.1, 0.15) is 11.3 Å². The van der Waals surface area contributed by atoms with Gasteiger partial charge in [0.2, 0.25) is 0 Å². The number of aryl methyl sites for hydroxylation is 1. The topological polar surface area (TPSA) is 94.0 Å². The first kappa shape index (κ1) is 20.9. The van der Waals surface area contributed by atoms with Gasteiger partial charge in [0.15, 0.2) is 0 Å². The predicted octanol–water partition coefficient (Wildman–Crippen LogP) is 4.23. The molecular formula is C24H22N4O4. The molecule has 32 heavy (non-hydrogen) atoms. The second-order valence-corrected chi connectivity index (χ2v) is 7.06. The van der Waals surface area contributed by atoms with Crippen LogP contribution in [0.5, 0.6) is 11.5 Å². The number of carbonyl (C=O) groups excluding carboxylic acids is 1. The quantitative estimate of drug-likeness (QED) is 0.477. The molecule has 4 rings (SSSR count). The number of anilines is 2. The van der Waals surface area contributed by atoms with Gasteiger partial charge in [-0.1, -0.05) is 18.2 Å². The number of rotatable bonds is 6. The second-order valence-electron chi connectivity index (χ2n) is 7.06. The van der Waals surface area contributed by atoms with Crippen molar-refractivity contribution in [3.63, 3.8) is 0 Å². The van der Waals surface area contributed by atoms with Gasteiger partial charge in [0.1, 0.15) is 23.8 Å². The molecule has 0 aliphatic rings. The fourth-order valence-corrected chi connectivity index (χ4v) is 3.21. The number of benzene rings is 2. The number of hydrogen-bond acceptors (Lipinski definition) is 5. The molecule has 0 saturated carbocycles. The fourth-order valence-electron chi connectivity index (χ4n) is 3.21. The highest BCUT2D eigenvalue weighted by atomic mass is 16.5. The van der Waals surface area contributed by atoms with Crippen molar-refractivity contribution in [2.24, 2.45) is 0 Å². The molecule has 2 heterocycles. The van der Waals surface area contributed by atoms with E-state index >= 15 is 0 Å². The molecule has 162 valence electrons. The van der Waals surface area contributed by atoms with E-state index in [1.807, 2.05) is 31.2 Å². The number of hydrogen-bond donors (Lipinski definition) is 2. The van der Waals surface area contributed by atoms with E-state index < -0.39 is 0 Å². The van der Waals surface area contributed by atoms with Crippen LogP contribution in [0.4, 0.5) is 16.2 Å². The Morgan fingerprint density at radius 3 is 2.59 bits per heavy atom. The molecule has 0 aliphatic heterocycles. The molecule has 0 saturated heterocycles. The molecule has 0 radical (unpaired) electrons. The highest BCUT2D eigenvalue weighted by molar-refractivity contribution is 6.00. The van der Waals surface area contributed by atoms with Crippen LogP contribution in [-0.4, -0.2) is 22.5 Å². The number of amides is 2. The van der Waals surface area contributed by atoms with Crippen molar-refractivity contribution in [2.75, 3.05) is 17.7 Å². The minimum Gasteiger partial charge on any atom is -0.495 e. The number of urea groups is 1. The lowest BCUT2D eigenvalue weighted by Gasteiger charge is -2.11. The van der Waals surface area contributed by atoms with Crippen molar-refractivity contribution in [3.8, 4) is 11.5 Å². The lowest BCUT2D eigenvalue weighted by molar-refractivity contribution is 0.262. The first-order chi connectivity index (χ1) is 15.5. The number of aromatic nitrogens is 2. The van der Waals surface area contributed by atoms with Gasteiger partial charge in [-0.2, -0.15) is 0 Å². The molecule has 2 aromatic carbocycles. The molecule has 8 heteroatoms. The van der Waals surface area contributed by atoms with Gasteiger partial charge in [-0.3, -0.25) is 9.20 Å². The van der Waals surface area contributed by atoms with E-state index in [0.717, 1.165) is 5.56 Å². The summed E-state index contributed by atoms with van der Waals surface area (Å²) in [5.41, 5.74) is 3.08. The molecule has 0 aliphatic carbocycles. The maximum Gasteiger partial charge on any atom is 0.323 e. The summed E-state index contributed by atoms with van der Waals surface area (Å²) in [6.07, 6.45) is 1.69. The molecule has 2 aromatic heterocycles. The summed E-state index contributed by atoms with van der Waals surface area (Å²) >= 11 is 0. The van der Waals surface area contributed by atoms with Crippen molar-refractivity contribution in [1.29, 1.82) is 0 Å². The average molecular weight is 430 g/mol. The summed E-state index contributed by atoms with van der Waals surface area (Å²) in [5, 5.41) is 5.51. The third-order valence-corrected chi connectivity index (χ3v) is 4.79. The number of ether oxygens (including phenoxy) is 2. The SMILES string of the molecule is COc1ccccc1NC(=O)Nc1ccc(OCc2cc(=O)n3cccc(C)c3n2)cc1. The van der Waals surface area contributed by atoms with Crippen molar-refractivity contribution in [3.05, 3.63) is 94.5 Å². The zero-order valence-corrected chi connectivity index (χ0v) is 17.7. The zero-order valence-electron chi connectivity index (χ0n) is 17.7. The Labute approximate surface area is 184 Å². The van der Waals surface area contributed by atoms with Crippen LogP contribution in [0.3, 0.4) is 0 Å². The third-order valence-electron chi connectivity index (χ3n) is 4.79. The summed E-state index contributed by atoms with van der Waals surface area (Å²) in [7, 11) is 1.54. The van der Waals surface area contributed by atoms with Gasteiger partial charge in [-0.25, -0.2) is 9.78 Å². The number of carbonyl (C=O) groups is 1. The molecule has 2 N–H and O–H groups in total. The summed E-state index contributed by atoms with van der Waals surface area (Å²) in [5.74, 6) is 1.16. The molecule has 0 fully saturated rings. The first-order valence-electron chi connectivity index (χ1n) is 9.95. The minimum atomic E-state index is -0.389. The van der Waals surface area contributed by atoms with Gasteiger partial charge >= 0.3 is 6.03 Å². The standard InChI is InChI=1S/C24H22N4O4/c1-16-6-5-13-28-22(29)14-18(25-23(16)28)15-32-19-11-9-17(10-12-19)26-24(30)27-20-7-3-4-8-21(20)31-2/h3-14H,15H2,1-2H3,(H2,26,27,30). The number of fused-ring (bicyclic) bond motifs is 1. The van der Waals surface area contributed by atoms with Crippen molar-refractivity contribution in [2.45, 2.75) is 13.5 Å². The zero-order chi connectivity index (χ0) is 22.5. The molecule has 0 unspecified atom stereocenters. The lowest BCUT2D eigenvalue weighted by atomic mass is 10.3. The van der Waals surface area contributed by atoms with Crippen LogP contribution in [-0.2, 0) is 6.61 Å². The Hall–Kier alpha value is -4.33. The molecule has 2 amide bonds. The molecule has 0 atom stereocenters. The molecule has 0 bridgehead atoms. The highest BCUT2D eigenvalue weighted by Gasteiger charge is 2.08. The smallest absolute Gasteiger partial charge is 0.323 e. The van der Waals surface area contributed by atoms with E-state index in [2.05, 4.69) is 15.6 Å². The van der Waals surface area contributed by atoms with Crippen LogP contribution in [0.15, 0.2) is 77.7 Å². The summed E-state index contributed by atoms with van der Waals surface area (Å²) < 4.78 is 12.5. The van der Waals surface area contributed by atoms with Gasteiger partial charge in [0, 0.05) is 18.0 Å². The van der Waals surface area contributed by atoms with E-state index in [9.17, 15) is 9.59 Å². The Morgan fingerprint density at radius 1 is 1.03 bits per heavy atom. The van der Waals surface area contributed by atoms with E-state index in [1.165, 1.54) is 10.5 Å². The molecule has 0 spiro atoms. The monoisotopic (exact) mass is 430 g/mol. The number of nitrogens with zero attached hydrogens (tertiary/aromatic N) is 2. The van der Waals surface area contributed by atoms with E-state index in [0.29, 0.717) is 34.2 Å². The molecule has 8 nitrogen and oxygen atoms in total. The van der Waals surface area contributed by atoms with Gasteiger partial charge in [-0.15, -0.1) is 0 Å². The predicted molar refractivity (Wildman–Crippen MR) is 123 cm³/mol. The lowest BCUT2D eigenvalue weighted by Crippen LogP contribution is -2.19. The van der Waals surface area contributed by atoms with Gasteiger partial charge in [-0.05, 0) is 55.0 Å². The summed E-state index contributed by atoms with van der Waals surface area (Å²) in [4.78, 5) is 29.1. The molecular weight excluding hydrogens is 408 g/mol. The van der Waals surface area contributed by atoms with Crippen molar-refractivity contribution >= 4 is 23.1 Å². The van der Waals surface area contributed by atoms with Gasteiger partial charge < -0.3 is 20.1 Å². The van der Waals surface area contributed by atoms with Gasteiger partial charge in [0.05, 0.1) is 18.5 Å². The van der Waals surface area contributed by atoms with E-state index in [4.69, 9.17) is 9.47 Å². The van der Waals surface area contributed by atoms with Crippen LogP contribution in [0, 0.1) is 6.92 Å². The number of nitrogens with one attached hydrogen (secondary N) is 2. The van der Waals surface area contributed by atoms with Crippen molar-refractivity contribution in [1.82, 2.24) is 9.38 Å². The summed E-state index contributed by atoms with van der Waals surface area (Å²) in [6.45, 7) is 2.06. The van der Waals surface area contributed by atoms with Crippen molar-refractivity contribution < 1.29 is 14.3 Å². The Kier molecular flexibility index (Phi) is 6.03. The highest BCUT2D eigenvalue weighted by Crippen LogP contribution is 2.23. The first-order valence-corrected chi connectivity index (χ1v) is 9.95. The van der Waals surface area contributed by atoms with Gasteiger partial charge in [0.25, 0.3) is 5.56 Å². The Bertz CT molecular complexity index is 1320. The normalized spacial score (nSPS) is 10.6. The van der Waals surface area contributed by atoms with E-state index in [-0.39, 0.29) is 18.2 Å². The Balaban J connectivity index is 1.38. The van der Waals surface area contributed by atoms with Crippen LogP contribution in [0.2, 0.25) is 0 Å². The number of methoxy groups -OCH3 is 1. The third kappa shape index (κ3) is 4.70. The average Bonchev–Trinajstić information content (AvgIpc) is 2.80. The van der Waals surface area contributed by atoms with E-state index in [1.54, 1.807) is 49.7 Å². The number of pyridine rings is 1. The minimum absolute atomic E-state index is 0.154. The maximum absolute atomic E-state index is 12.3.